The van der Waals surface area contributed by atoms with Crippen LogP contribution in [0, 0.1) is 6.92 Å². The number of rotatable bonds is 3. The number of nitrogens with one attached hydrogen (secondary N) is 1. The number of halogens is 3. The molecule has 0 fully saturated rings. The van der Waals surface area contributed by atoms with Gasteiger partial charge in [-0.2, -0.15) is 17.7 Å². The second kappa shape index (κ2) is 7.22. The lowest BCUT2D eigenvalue weighted by Crippen LogP contribution is -2.20. The van der Waals surface area contributed by atoms with Crippen LogP contribution in [-0.4, -0.2) is 33.7 Å². The second-order valence-corrected chi connectivity index (χ2v) is 7.80. The molecule has 10 heteroatoms. The van der Waals surface area contributed by atoms with Crippen molar-refractivity contribution in [3.63, 3.8) is 0 Å². The number of hydrogen-bond donors (Lipinski definition) is 1. The van der Waals surface area contributed by atoms with Crippen molar-refractivity contribution in [2.45, 2.75) is 13.1 Å². The van der Waals surface area contributed by atoms with Gasteiger partial charge in [0.25, 0.3) is 5.56 Å². The molecule has 0 radical (unpaired) electrons. The highest BCUT2D eigenvalue weighted by molar-refractivity contribution is 5.89. The maximum absolute atomic E-state index is 13.9. The number of fused-ring (bicyclic) bond motifs is 2. The molecule has 0 aliphatic heterocycles. The van der Waals surface area contributed by atoms with Gasteiger partial charge in [-0.15, -0.1) is 0 Å². The quantitative estimate of drug-likeness (QED) is 0.421. The number of para-hydroxylation sites is 1. The number of nitrogens with zero attached hydrogens (tertiary/aromatic N) is 4. The van der Waals surface area contributed by atoms with Crippen LogP contribution >= 0.6 is 0 Å². The Balaban J connectivity index is 1.81. The highest BCUT2D eigenvalue weighted by Crippen LogP contribution is 2.38. The molecule has 0 saturated carbocycles. The predicted octanol–water partition coefficient (Wildman–Crippen LogP) is 4.89. The first-order chi connectivity index (χ1) is 15.7. The Hall–Kier alpha value is -4.08. The Bertz CT molecular complexity index is 1560. The van der Waals surface area contributed by atoms with Crippen LogP contribution in [0.5, 0.6) is 0 Å². The topological polar surface area (TPSA) is 79.4 Å². The normalized spacial score (nSPS) is 12.1. The molecule has 5 rings (SSSR count). The maximum atomic E-state index is 13.9. The van der Waals surface area contributed by atoms with E-state index in [1.807, 2.05) is 25.1 Å². The molecule has 0 spiro atoms. The highest BCUT2D eigenvalue weighted by atomic mass is 19.4. The van der Waals surface area contributed by atoms with Crippen molar-refractivity contribution in [1.29, 1.82) is 0 Å². The molecule has 0 saturated heterocycles. The molecule has 2 aromatic carbocycles. The number of alkyl halides is 3. The van der Waals surface area contributed by atoms with E-state index < -0.39 is 17.4 Å². The summed E-state index contributed by atoms with van der Waals surface area (Å²) < 4.78 is 48.3. The van der Waals surface area contributed by atoms with E-state index in [0.29, 0.717) is 16.7 Å². The first-order valence-corrected chi connectivity index (χ1v) is 10.0. The molecule has 3 heterocycles. The average Bonchev–Trinajstić information content (AvgIpc) is 3.35. The van der Waals surface area contributed by atoms with Gasteiger partial charge in [-0.1, -0.05) is 36.4 Å². The molecule has 33 heavy (non-hydrogen) atoms. The number of hydrogen-bond acceptors (Lipinski definition) is 5. The summed E-state index contributed by atoms with van der Waals surface area (Å²) in [6.45, 7) is 1.55. The first kappa shape index (κ1) is 20.8. The fourth-order valence-electron chi connectivity index (χ4n) is 3.91. The van der Waals surface area contributed by atoms with Gasteiger partial charge in [-0.3, -0.25) is 9.89 Å². The lowest BCUT2D eigenvalue weighted by molar-refractivity contribution is -0.140. The molecule has 0 amide bonds. The lowest BCUT2D eigenvalue weighted by Gasteiger charge is -2.11. The number of benzene rings is 2. The lowest BCUT2D eigenvalue weighted by atomic mass is 10.1. The third-order valence-corrected chi connectivity index (χ3v) is 5.40. The Kier molecular flexibility index (Phi) is 4.55. The van der Waals surface area contributed by atoms with Crippen molar-refractivity contribution in [2.75, 3.05) is 19.0 Å². The zero-order valence-corrected chi connectivity index (χ0v) is 17.9. The molecule has 1 N–H and O–H groups in total. The maximum Gasteiger partial charge on any atom is 0.433 e. The van der Waals surface area contributed by atoms with E-state index in [4.69, 9.17) is 4.42 Å². The smallest absolute Gasteiger partial charge is 0.433 e. The monoisotopic (exact) mass is 453 g/mol. The summed E-state index contributed by atoms with van der Waals surface area (Å²) >= 11 is 0. The summed E-state index contributed by atoms with van der Waals surface area (Å²) in [5, 5.41) is 2.21. The summed E-state index contributed by atoms with van der Waals surface area (Å²) in [4.78, 5) is 24.1. The second-order valence-electron chi connectivity index (χ2n) is 7.80. The van der Waals surface area contributed by atoms with Crippen molar-refractivity contribution < 1.29 is 17.6 Å². The Morgan fingerprint density at radius 1 is 1.00 bits per heavy atom. The largest absolute Gasteiger partial charge is 0.436 e. The molecule has 0 bridgehead atoms. The fraction of sp³-hybridized carbons (Fsp3) is 0.174. The van der Waals surface area contributed by atoms with Crippen molar-refractivity contribution >= 4 is 22.4 Å². The molecule has 0 unspecified atom stereocenters. The Morgan fingerprint density at radius 2 is 1.73 bits per heavy atom. The van der Waals surface area contributed by atoms with E-state index in [2.05, 4.69) is 15.1 Å². The van der Waals surface area contributed by atoms with E-state index in [1.165, 1.54) is 12.1 Å². The standard InChI is InChI=1S/C23H18F3N5O2/c1-12-16(21-28-18-14(30(2)3)10-7-11-15(18)33-21)22(32)31-20(27-12)17(13-8-5-4-6-9-13)19(29-31)23(24,25)26/h4-11,29H,1-3H3. The van der Waals surface area contributed by atoms with Crippen LogP contribution in [0.4, 0.5) is 18.9 Å². The van der Waals surface area contributed by atoms with Crippen molar-refractivity contribution in [3.8, 4) is 22.6 Å². The van der Waals surface area contributed by atoms with E-state index >= 15 is 0 Å². The first-order valence-electron chi connectivity index (χ1n) is 10.0. The zero-order valence-electron chi connectivity index (χ0n) is 17.9. The minimum Gasteiger partial charge on any atom is -0.436 e. The number of aryl methyl sites for hydroxylation is 1. The van der Waals surface area contributed by atoms with Crippen molar-refractivity contribution in [1.82, 2.24) is 19.6 Å². The minimum absolute atomic E-state index is 0.00637. The van der Waals surface area contributed by atoms with Gasteiger partial charge < -0.3 is 9.32 Å². The SMILES string of the molecule is Cc1nc2c(-c3ccccc3)c(C(F)(F)F)[nH]n2c(=O)c1-c1nc2c(N(C)C)cccc2o1. The van der Waals surface area contributed by atoms with Crippen LogP contribution in [0.25, 0.3) is 39.3 Å². The Morgan fingerprint density at radius 3 is 2.39 bits per heavy atom. The fourth-order valence-corrected chi connectivity index (χ4v) is 3.91. The van der Waals surface area contributed by atoms with Gasteiger partial charge in [-0.05, 0) is 24.6 Å². The van der Waals surface area contributed by atoms with Gasteiger partial charge in [0.2, 0.25) is 5.89 Å². The van der Waals surface area contributed by atoms with Crippen LogP contribution in [0.3, 0.4) is 0 Å². The van der Waals surface area contributed by atoms with E-state index in [0.717, 1.165) is 10.2 Å². The van der Waals surface area contributed by atoms with Gasteiger partial charge in [0, 0.05) is 14.1 Å². The van der Waals surface area contributed by atoms with Gasteiger partial charge in [0.1, 0.15) is 16.8 Å². The van der Waals surface area contributed by atoms with Gasteiger partial charge in [-0.25, -0.2) is 9.97 Å². The molecule has 3 aromatic heterocycles. The number of anilines is 1. The summed E-state index contributed by atoms with van der Waals surface area (Å²) in [7, 11) is 3.69. The van der Waals surface area contributed by atoms with Gasteiger partial charge in [0.05, 0.1) is 16.9 Å². The summed E-state index contributed by atoms with van der Waals surface area (Å²) in [6.07, 6.45) is -4.72. The third kappa shape index (κ3) is 3.25. The molecular weight excluding hydrogens is 435 g/mol. The van der Waals surface area contributed by atoms with Crippen LogP contribution in [0.2, 0.25) is 0 Å². The average molecular weight is 453 g/mol. The van der Waals surface area contributed by atoms with Crippen LogP contribution in [0.15, 0.2) is 57.7 Å². The molecule has 5 aromatic rings. The summed E-state index contributed by atoms with van der Waals surface area (Å²) in [5.41, 5.74) is 0.157. The van der Waals surface area contributed by atoms with Gasteiger partial charge in [0.15, 0.2) is 11.2 Å². The predicted molar refractivity (Wildman–Crippen MR) is 118 cm³/mol. The van der Waals surface area contributed by atoms with Gasteiger partial charge >= 0.3 is 6.18 Å². The van der Waals surface area contributed by atoms with Crippen molar-refractivity contribution in [2.24, 2.45) is 0 Å². The molecule has 7 nitrogen and oxygen atoms in total. The summed E-state index contributed by atoms with van der Waals surface area (Å²) in [5.74, 6) is -0.00637. The van der Waals surface area contributed by atoms with E-state index in [1.54, 1.807) is 37.3 Å². The van der Waals surface area contributed by atoms with Crippen LogP contribution in [0.1, 0.15) is 11.4 Å². The third-order valence-electron chi connectivity index (χ3n) is 5.40. The minimum atomic E-state index is -4.72. The number of H-pyrrole nitrogens is 1. The number of oxazole rings is 1. The Labute approximate surface area is 185 Å². The van der Waals surface area contributed by atoms with Crippen LogP contribution < -0.4 is 10.5 Å². The van der Waals surface area contributed by atoms with Crippen LogP contribution in [-0.2, 0) is 6.18 Å². The highest BCUT2D eigenvalue weighted by Gasteiger charge is 2.38. The van der Waals surface area contributed by atoms with Crippen molar-refractivity contribution in [3.05, 3.63) is 70.3 Å². The summed E-state index contributed by atoms with van der Waals surface area (Å²) in [6, 6.07) is 13.4. The molecule has 0 aliphatic carbocycles. The molecule has 0 aliphatic rings. The number of aromatic nitrogens is 4. The number of aromatic amines is 1. The van der Waals surface area contributed by atoms with E-state index in [9.17, 15) is 18.0 Å². The van der Waals surface area contributed by atoms with E-state index in [-0.39, 0.29) is 28.4 Å². The molecular formula is C23H18F3N5O2. The zero-order chi connectivity index (χ0) is 23.5. The molecule has 0 atom stereocenters. The molecule has 168 valence electrons.